The molecule has 0 aliphatic rings. The average molecular weight is 2720 g/mol. The summed E-state index contributed by atoms with van der Waals surface area (Å²) in [4.78, 5) is 22.1. The van der Waals surface area contributed by atoms with Crippen molar-refractivity contribution in [3.8, 4) is 12.1 Å². The fourth-order valence-electron chi connectivity index (χ4n) is 12.6. The second-order valence-electron chi connectivity index (χ2n) is 24.2. The summed E-state index contributed by atoms with van der Waals surface area (Å²) in [5, 5.41) is 14.6. The number of hydrogen-bond acceptors (Lipinski definition) is 6. The molecule has 0 N–H and O–H groups in total. The fourth-order valence-corrected chi connectivity index (χ4v) is 12.6. The maximum absolute atomic E-state index is 7.32. The van der Waals surface area contributed by atoms with Crippen LogP contribution in [-0.2, 0) is 163 Å². The molecule has 0 saturated carbocycles. The number of benzene rings is 6. The Bertz CT molecular complexity index is 4650. The zero-order chi connectivity index (χ0) is 68.0. The largest absolute Gasteiger partial charge is 2.00 e. The molecule has 0 spiro atoms. The van der Waals surface area contributed by atoms with Crippen molar-refractivity contribution in [3.05, 3.63) is 322 Å². The number of nitrogens with zero attached hydrogens (tertiary/aromatic N) is 15. The van der Waals surface area contributed by atoms with Gasteiger partial charge in [-0.25, -0.2) is 4.98 Å². The molecule has 9 aromatic heterocycles. The molecule has 109 heavy (non-hydrogen) atoms. The predicted octanol–water partition coefficient (Wildman–Crippen LogP) is -10.9. The number of hydrogen-bond donors (Lipinski definition) is 0. The zero-order valence-electron chi connectivity index (χ0n) is 62.8. The third kappa shape index (κ3) is 27.5. The van der Waals surface area contributed by atoms with Crippen LogP contribution in [0.2, 0.25) is 0 Å². The summed E-state index contributed by atoms with van der Waals surface area (Å²) in [6.07, 6.45) is 22.0. The van der Waals surface area contributed by atoms with E-state index in [1.54, 1.807) is 12.1 Å². The number of imidazole rings is 4. The molecule has 6 aromatic carbocycles. The van der Waals surface area contributed by atoms with E-state index in [1.165, 1.54) is 103 Å². The molecule has 0 aliphatic carbocycles. The summed E-state index contributed by atoms with van der Waals surface area (Å²) in [6, 6.07) is 66.6. The number of halogens is 8. The summed E-state index contributed by atoms with van der Waals surface area (Å²) in [7, 11) is 0. The zero-order valence-corrected chi connectivity index (χ0v) is 97.5. The van der Waals surface area contributed by atoms with E-state index < -0.39 is 0 Å². The molecule has 15 aromatic rings. The molecule has 0 aliphatic heterocycles. The second-order valence-corrected chi connectivity index (χ2v) is 24.2. The van der Waals surface area contributed by atoms with Crippen LogP contribution in [0.25, 0.3) is 44.1 Å². The minimum absolute atomic E-state index is 0. The molecule has 0 saturated heterocycles. The van der Waals surface area contributed by atoms with Crippen molar-refractivity contribution in [2.75, 3.05) is 0 Å². The van der Waals surface area contributed by atoms with Crippen LogP contribution in [0.15, 0.2) is 207 Å². The van der Waals surface area contributed by atoms with E-state index in [4.69, 9.17) is 10.5 Å². The summed E-state index contributed by atoms with van der Waals surface area (Å²) < 4.78 is 17.7. The van der Waals surface area contributed by atoms with Crippen molar-refractivity contribution < 1.29 is 265 Å². The minimum atomic E-state index is 0. The van der Waals surface area contributed by atoms with Gasteiger partial charge in [0, 0.05) is 82.8 Å². The van der Waals surface area contributed by atoms with Gasteiger partial charge in [-0.05, 0) is 146 Å². The van der Waals surface area contributed by atoms with Gasteiger partial charge in [-0.3, -0.25) is 19.9 Å². The van der Waals surface area contributed by atoms with Crippen LogP contribution in [0.1, 0.15) is 104 Å². The molecule has 15 rings (SSSR count). The Hall–Kier alpha value is -4.10. The van der Waals surface area contributed by atoms with Crippen molar-refractivity contribution in [1.82, 2.24) is 43.2 Å². The monoisotopic (exact) mass is 2710 g/mol. The quantitative estimate of drug-likeness (QED) is 0.0531. The van der Waals surface area contributed by atoms with Gasteiger partial charge in [0.05, 0.1) is 61.1 Å². The SMILES string of the molecule is CC#N.CC#N.C[c+]1[n-][c+]1C.Cc1cc(C)c(C[n+]2[c-]n(Cc3ccccn3)c3ccccc32)c(C)c1Cn1[c-][n+](Cc2ccccn2)c2ccccc21.Cc1cc(C)c(C[n+]2[c-]n(Cc3ccccn3)c3ccccc32)c(C)c1Cn1[c-][n+](Cc2ccccn2)c2ccccc21.[Br-].[Br-].[Br-].[Br-].[Br-].[Br-].[Br-].[Br-].[Hg+2].[Hg+2].[Hg+2].[Hg+]. The van der Waals surface area contributed by atoms with Crippen LogP contribution >= 0.6 is 0 Å². The van der Waals surface area contributed by atoms with Crippen molar-refractivity contribution in [3.63, 3.8) is 0 Å². The first-order chi connectivity index (χ1) is 47.2. The van der Waals surface area contributed by atoms with E-state index in [1.807, 2.05) is 87.2 Å². The van der Waals surface area contributed by atoms with Gasteiger partial charge in [-0.1, -0.05) is 133 Å². The van der Waals surface area contributed by atoms with Gasteiger partial charge >= 0.3 is 111 Å². The molecule has 27 heteroatoms. The Morgan fingerprint density at radius 3 is 0.817 bits per heavy atom. The topological polar surface area (TPSA) is 148 Å². The summed E-state index contributed by atoms with van der Waals surface area (Å²) in [5.41, 5.74) is 29.0. The van der Waals surface area contributed by atoms with Crippen molar-refractivity contribution >= 4 is 44.1 Å². The first-order valence-electron chi connectivity index (χ1n) is 32.6. The molecule has 0 unspecified atom stereocenters. The third-order valence-electron chi connectivity index (χ3n) is 17.7. The number of aromatic nitrogens is 13. The molecule has 0 amide bonds. The van der Waals surface area contributed by atoms with E-state index >= 15 is 0 Å². The molecule has 0 bridgehead atoms. The van der Waals surface area contributed by atoms with Crippen LogP contribution < -0.4 is 159 Å². The van der Waals surface area contributed by atoms with Gasteiger partial charge in [0.1, 0.15) is 40.0 Å². The summed E-state index contributed by atoms with van der Waals surface area (Å²) >= 11 is 0. The van der Waals surface area contributed by atoms with E-state index in [0.29, 0.717) is 26.2 Å². The van der Waals surface area contributed by atoms with Crippen LogP contribution in [0.4, 0.5) is 0 Å². The van der Waals surface area contributed by atoms with Crippen molar-refractivity contribution in [2.45, 2.75) is 122 Å². The maximum atomic E-state index is 7.32. The molecule has 0 atom stereocenters. The predicted molar refractivity (Wildman–Crippen MR) is 378 cm³/mol. The number of para-hydroxylation sites is 8. The van der Waals surface area contributed by atoms with Crippen molar-refractivity contribution in [2.24, 2.45) is 0 Å². The molecule has 15 nitrogen and oxygen atoms in total. The van der Waals surface area contributed by atoms with Crippen LogP contribution in [-0.4, -0.2) is 38.2 Å². The fraction of sp³-hybridized carbons (Fsp3) is 0.220. The Morgan fingerprint density at radius 2 is 0.569 bits per heavy atom. The molecule has 1 radical (unpaired) electrons. The summed E-state index contributed by atoms with van der Waals surface area (Å²) in [6.45, 7) is 26.0. The minimum Gasteiger partial charge on any atom is -1.00 e. The number of pyridine rings is 4. The Balaban J connectivity index is 0. The Labute approximate surface area is 807 Å². The number of aryl methyl sites for hydroxylation is 6. The average Bonchev–Trinajstić information content (AvgIpc) is 1.68. The van der Waals surface area contributed by atoms with Gasteiger partial charge in [0.25, 0.3) is 11.4 Å². The van der Waals surface area contributed by atoms with E-state index in [2.05, 4.69) is 262 Å². The Kier molecular flexibility index (Phi) is 51.4. The smallest absolute Gasteiger partial charge is 1.00 e. The van der Waals surface area contributed by atoms with E-state index in [9.17, 15) is 0 Å². The van der Waals surface area contributed by atoms with Gasteiger partial charge < -0.3 is 172 Å². The first kappa shape index (κ1) is 107. The summed E-state index contributed by atoms with van der Waals surface area (Å²) in [5.74, 6) is 0. The normalized spacial score (nSPS) is 9.69. The van der Waals surface area contributed by atoms with Crippen LogP contribution in [0, 0.1) is 103 Å². The number of fused-ring (bicyclic) bond motifs is 4. The van der Waals surface area contributed by atoms with Crippen molar-refractivity contribution in [1.29, 1.82) is 10.5 Å². The van der Waals surface area contributed by atoms with Gasteiger partial charge in [-0.2, -0.15) is 10.5 Å². The Morgan fingerprint density at radius 1 is 0.349 bits per heavy atom. The maximum Gasteiger partial charge on any atom is 2.00 e. The molecule has 547 valence electrons. The van der Waals surface area contributed by atoms with E-state index in [-0.39, 0.29) is 247 Å². The standard InChI is InChI=1S/2C37H34N6.C4H6N.2C2H3N.8BrH.4Hg/c2*1-27-20-28(2)33(24-43-26-41(22-31-13-9-11-19-39-31)35-15-5-7-17-37(35)43)29(3)32(27)23-42-25-40(21-30-12-8-10-18-38-30)34-14-4-6-16-36(34)42;1-3-4(2)5-3;2*1-2-3;;;;;;;;;;;;/h2*4-20H,21-24H2,1-3H3;1-2H3;2*1H3;8*1H;;;;/q;;+1;;;;;;;;;;;+1;3*+2/p-8. The number of nitriles is 2. The van der Waals surface area contributed by atoms with Crippen LogP contribution in [0.5, 0.6) is 0 Å². The first-order valence-corrected chi connectivity index (χ1v) is 32.6. The van der Waals surface area contributed by atoms with E-state index in [0.717, 1.165) is 71.0 Å². The molecule has 9 heterocycles. The van der Waals surface area contributed by atoms with Crippen LogP contribution in [0.3, 0.4) is 0 Å². The van der Waals surface area contributed by atoms with Gasteiger partial charge in [0.15, 0.2) is 0 Å². The van der Waals surface area contributed by atoms with Gasteiger partial charge in [0.2, 0.25) is 25.3 Å². The van der Waals surface area contributed by atoms with Gasteiger partial charge in [-0.15, -0.1) is 0 Å². The third-order valence-corrected chi connectivity index (χ3v) is 17.7. The molecular weight excluding hydrogens is 2640 g/mol. The second kappa shape index (κ2) is 52.4. The molecular formula is C82H80Br8Hg4N15. The number of rotatable bonds is 16. The molecule has 0 fully saturated rings.